The Morgan fingerprint density at radius 2 is 1.59 bits per heavy atom. The van der Waals surface area contributed by atoms with Crippen LogP contribution in [0.25, 0.3) is 0 Å². The third-order valence-electron chi connectivity index (χ3n) is 4.62. The lowest BCUT2D eigenvalue weighted by Gasteiger charge is -2.24. The van der Waals surface area contributed by atoms with Gasteiger partial charge in [0, 0.05) is 9.50 Å². The van der Waals surface area contributed by atoms with Crippen LogP contribution in [-0.2, 0) is 14.8 Å². The summed E-state index contributed by atoms with van der Waals surface area (Å²) in [5.41, 5.74) is 5.21. The van der Waals surface area contributed by atoms with E-state index in [0.717, 1.165) is 19.9 Å². The predicted octanol–water partition coefficient (Wildman–Crippen LogP) is 5.15. The van der Waals surface area contributed by atoms with Gasteiger partial charge in [0.05, 0.1) is 16.3 Å². The highest BCUT2D eigenvalue weighted by Crippen LogP contribution is 2.25. The first kappa shape index (κ1) is 24.0. The maximum Gasteiger partial charge on any atom is 0.264 e. The summed E-state index contributed by atoms with van der Waals surface area (Å²) in [7, 11) is -4.01. The van der Waals surface area contributed by atoms with E-state index in [4.69, 9.17) is 11.6 Å². The first-order valence-electron chi connectivity index (χ1n) is 9.61. The van der Waals surface area contributed by atoms with E-state index in [1.54, 1.807) is 31.2 Å². The van der Waals surface area contributed by atoms with E-state index >= 15 is 0 Å². The average molecular weight is 535 g/mol. The van der Waals surface area contributed by atoms with Crippen LogP contribution < -0.4 is 9.73 Å². The molecule has 0 aliphatic carbocycles. The number of amides is 1. The molecule has 0 heterocycles. The molecule has 0 saturated heterocycles. The lowest BCUT2D eigenvalue weighted by atomic mass is 10.1. The molecule has 0 aliphatic rings. The number of nitrogens with one attached hydrogen (secondary N) is 1. The van der Waals surface area contributed by atoms with Crippen LogP contribution in [0.3, 0.4) is 0 Å². The fourth-order valence-corrected chi connectivity index (χ4v) is 4.64. The first-order valence-corrected chi connectivity index (χ1v) is 12.2. The van der Waals surface area contributed by atoms with E-state index in [1.165, 1.54) is 24.3 Å². The summed E-state index contributed by atoms with van der Waals surface area (Å²) in [6.07, 6.45) is 0. The molecule has 3 aromatic carbocycles. The lowest BCUT2D eigenvalue weighted by Crippen LogP contribution is -2.39. The number of hydrogen-bond acceptors (Lipinski definition) is 4. The molecule has 9 heteroatoms. The van der Waals surface area contributed by atoms with E-state index in [0.29, 0.717) is 16.4 Å². The molecule has 32 heavy (non-hydrogen) atoms. The Bertz CT molecular complexity index is 1230. The van der Waals surface area contributed by atoms with Crippen molar-refractivity contribution in [2.24, 2.45) is 5.10 Å². The highest BCUT2D eigenvalue weighted by Gasteiger charge is 2.27. The van der Waals surface area contributed by atoms with Crippen molar-refractivity contribution >= 4 is 54.9 Å². The molecule has 6 nitrogen and oxygen atoms in total. The van der Waals surface area contributed by atoms with Crippen LogP contribution in [0.2, 0.25) is 5.02 Å². The minimum atomic E-state index is -4.01. The standard InChI is InChI=1S/C23H21BrClN3O3S/c1-16-3-11-21(12-4-16)28(32(30,31)22-13-9-20(25)10-14-22)15-23(29)27-26-17(2)18-5-7-19(24)8-6-18/h3-14H,15H2,1-2H3,(H,27,29)/b26-17-. The highest BCUT2D eigenvalue weighted by molar-refractivity contribution is 9.10. The van der Waals surface area contributed by atoms with Crippen LogP contribution in [-0.4, -0.2) is 26.6 Å². The SMILES string of the molecule is C/C(=N/NC(=O)CN(c1ccc(C)cc1)S(=O)(=O)c1ccc(Cl)cc1)c1ccc(Br)cc1. The molecule has 0 fully saturated rings. The lowest BCUT2D eigenvalue weighted by molar-refractivity contribution is -0.119. The number of rotatable bonds is 7. The largest absolute Gasteiger partial charge is 0.271 e. The maximum absolute atomic E-state index is 13.3. The molecule has 3 aromatic rings. The molecular weight excluding hydrogens is 514 g/mol. The van der Waals surface area contributed by atoms with Crippen molar-refractivity contribution in [3.63, 3.8) is 0 Å². The number of hydrogen-bond donors (Lipinski definition) is 1. The molecular formula is C23H21BrClN3O3S. The summed E-state index contributed by atoms with van der Waals surface area (Å²) in [6.45, 7) is 3.21. The van der Waals surface area contributed by atoms with Crippen LogP contribution in [0, 0.1) is 6.92 Å². The highest BCUT2D eigenvalue weighted by atomic mass is 79.9. The third-order valence-corrected chi connectivity index (χ3v) is 7.19. The Balaban J connectivity index is 1.86. The minimum Gasteiger partial charge on any atom is -0.271 e. The molecule has 1 N–H and O–H groups in total. The van der Waals surface area contributed by atoms with Gasteiger partial charge in [0.25, 0.3) is 15.9 Å². The van der Waals surface area contributed by atoms with Gasteiger partial charge in [-0.25, -0.2) is 13.8 Å². The zero-order valence-corrected chi connectivity index (χ0v) is 20.6. The average Bonchev–Trinajstić information content (AvgIpc) is 2.77. The predicted molar refractivity (Wildman–Crippen MR) is 132 cm³/mol. The second-order valence-electron chi connectivity index (χ2n) is 7.04. The van der Waals surface area contributed by atoms with E-state index in [-0.39, 0.29) is 4.90 Å². The molecule has 1 amide bonds. The molecule has 0 aliphatic heterocycles. The van der Waals surface area contributed by atoms with Crippen molar-refractivity contribution < 1.29 is 13.2 Å². The summed E-state index contributed by atoms with van der Waals surface area (Å²) in [5.74, 6) is -0.570. The zero-order chi connectivity index (χ0) is 23.3. The monoisotopic (exact) mass is 533 g/mol. The number of hydrazone groups is 1. The Kier molecular flexibility index (Phi) is 7.71. The fraction of sp³-hybridized carbons (Fsp3) is 0.130. The van der Waals surface area contributed by atoms with Gasteiger partial charge in [0.2, 0.25) is 0 Å². The van der Waals surface area contributed by atoms with Crippen molar-refractivity contribution in [3.8, 4) is 0 Å². The van der Waals surface area contributed by atoms with Gasteiger partial charge in [0.15, 0.2) is 0 Å². The number of sulfonamides is 1. The maximum atomic E-state index is 13.3. The van der Waals surface area contributed by atoms with Gasteiger partial charge in [-0.15, -0.1) is 0 Å². The summed E-state index contributed by atoms with van der Waals surface area (Å²) < 4.78 is 28.6. The van der Waals surface area contributed by atoms with Gasteiger partial charge >= 0.3 is 0 Å². The van der Waals surface area contributed by atoms with Gasteiger partial charge in [-0.3, -0.25) is 9.10 Å². The van der Waals surface area contributed by atoms with Crippen LogP contribution in [0.5, 0.6) is 0 Å². The smallest absolute Gasteiger partial charge is 0.264 e. The molecule has 3 rings (SSSR count). The van der Waals surface area contributed by atoms with Gasteiger partial charge < -0.3 is 0 Å². The third kappa shape index (κ3) is 5.97. The first-order chi connectivity index (χ1) is 15.2. The van der Waals surface area contributed by atoms with Gasteiger partial charge in [0.1, 0.15) is 6.54 Å². The Labute approximate surface area is 201 Å². The van der Waals surface area contributed by atoms with Crippen LogP contribution in [0.15, 0.2) is 87.3 Å². The van der Waals surface area contributed by atoms with Crippen molar-refractivity contribution in [1.82, 2.24) is 5.43 Å². The van der Waals surface area contributed by atoms with Crippen LogP contribution in [0.4, 0.5) is 5.69 Å². The summed E-state index contributed by atoms with van der Waals surface area (Å²) in [4.78, 5) is 12.7. The topological polar surface area (TPSA) is 78.8 Å². The van der Waals surface area contributed by atoms with Gasteiger partial charge in [-0.1, -0.05) is 57.4 Å². The number of carbonyl (C=O) groups excluding carboxylic acids is 1. The van der Waals surface area contributed by atoms with E-state index in [9.17, 15) is 13.2 Å². The minimum absolute atomic E-state index is 0.0322. The second kappa shape index (κ2) is 10.3. The van der Waals surface area contributed by atoms with Gasteiger partial charge in [-0.05, 0) is 67.9 Å². The molecule has 0 unspecified atom stereocenters. The Morgan fingerprint density at radius 3 is 2.19 bits per heavy atom. The second-order valence-corrected chi connectivity index (χ2v) is 10.3. The quantitative estimate of drug-likeness (QED) is 0.336. The summed E-state index contributed by atoms with van der Waals surface area (Å²) in [5, 5.41) is 4.53. The number of aryl methyl sites for hydroxylation is 1. The number of carbonyl (C=O) groups is 1. The van der Waals surface area contributed by atoms with E-state index in [1.807, 2.05) is 31.2 Å². The molecule has 0 bridgehead atoms. The van der Waals surface area contributed by atoms with E-state index in [2.05, 4.69) is 26.5 Å². The molecule has 0 aromatic heterocycles. The van der Waals surface area contributed by atoms with Crippen LogP contribution >= 0.6 is 27.5 Å². The molecule has 0 spiro atoms. The zero-order valence-electron chi connectivity index (χ0n) is 17.4. The van der Waals surface area contributed by atoms with Crippen molar-refractivity contribution in [2.75, 3.05) is 10.8 Å². The van der Waals surface area contributed by atoms with Crippen LogP contribution in [0.1, 0.15) is 18.1 Å². The van der Waals surface area contributed by atoms with Crippen molar-refractivity contribution in [3.05, 3.63) is 93.4 Å². The number of benzene rings is 3. The van der Waals surface area contributed by atoms with Gasteiger partial charge in [-0.2, -0.15) is 5.10 Å². The molecule has 0 radical (unpaired) electrons. The number of nitrogens with zero attached hydrogens (tertiary/aromatic N) is 2. The number of anilines is 1. The molecule has 0 atom stereocenters. The number of halogens is 2. The normalized spacial score (nSPS) is 11.8. The van der Waals surface area contributed by atoms with E-state index < -0.39 is 22.5 Å². The Hall–Kier alpha value is -2.68. The van der Waals surface area contributed by atoms with Crippen molar-refractivity contribution in [1.29, 1.82) is 0 Å². The summed E-state index contributed by atoms with van der Waals surface area (Å²) >= 11 is 9.27. The van der Waals surface area contributed by atoms with Crippen molar-refractivity contribution in [2.45, 2.75) is 18.7 Å². The molecule has 0 saturated carbocycles. The summed E-state index contributed by atoms with van der Waals surface area (Å²) in [6, 6.07) is 20.2. The molecule has 166 valence electrons. The Morgan fingerprint density at radius 1 is 1.00 bits per heavy atom. The fourth-order valence-electron chi connectivity index (χ4n) is 2.83.